The highest BCUT2D eigenvalue weighted by atomic mass is 16.4. The predicted molar refractivity (Wildman–Crippen MR) is 52.2 cm³/mol. The average molecular weight is 203 g/mol. The van der Waals surface area contributed by atoms with Crippen LogP contribution in [0.3, 0.4) is 0 Å². The van der Waals surface area contributed by atoms with Crippen molar-refractivity contribution in [3.8, 4) is 0 Å². The molecule has 0 aliphatic carbocycles. The standard InChI is InChI=1S/C8H17N3O3/c1-11(2)5-3-4-9-8(14)10-6-7(12)13/h3-6H2,1-2H3,(H,12,13)(H2,9,10,14). The molecule has 0 aromatic heterocycles. The van der Waals surface area contributed by atoms with Gasteiger partial charge in [0.1, 0.15) is 6.54 Å². The van der Waals surface area contributed by atoms with E-state index in [1.807, 2.05) is 19.0 Å². The molecular weight excluding hydrogens is 186 g/mol. The van der Waals surface area contributed by atoms with Crippen LogP contribution in [0.25, 0.3) is 0 Å². The molecule has 0 bridgehead atoms. The fourth-order valence-electron chi connectivity index (χ4n) is 0.816. The van der Waals surface area contributed by atoms with Crippen LogP contribution in [0.1, 0.15) is 6.42 Å². The fraction of sp³-hybridized carbons (Fsp3) is 0.750. The van der Waals surface area contributed by atoms with Crippen LogP contribution in [0.2, 0.25) is 0 Å². The van der Waals surface area contributed by atoms with Gasteiger partial charge in [-0.2, -0.15) is 0 Å². The summed E-state index contributed by atoms with van der Waals surface area (Å²) in [4.78, 5) is 23.0. The number of carboxylic acids is 1. The Hall–Kier alpha value is -1.30. The summed E-state index contributed by atoms with van der Waals surface area (Å²) < 4.78 is 0. The number of urea groups is 1. The van der Waals surface area contributed by atoms with Crippen molar-refractivity contribution in [3.05, 3.63) is 0 Å². The van der Waals surface area contributed by atoms with Gasteiger partial charge in [-0.3, -0.25) is 4.79 Å². The van der Waals surface area contributed by atoms with E-state index < -0.39 is 12.0 Å². The lowest BCUT2D eigenvalue weighted by Gasteiger charge is -2.09. The van der Waals surface area contributed by atoms with Crippen molar-refractivity contribution in [1.29, 1.82) is 0 Å². The molecule has 0 aromatic rings. The number of nitrogens with zero attached hydrogens (tertiary/aromatic N) is 1. The number of hydrogen-bond donors (Lipinski definition) is 3. The molecule has 0 heterocycles. The van der Waals surface area contributed by atoms with Gasteiger partial charge in [0.25, 0.3) is 0 Å². The third-order valence-corrected chi connectivity index (χ3v) is 1.47. The quantitative estimate of drug-likeness (QED) is 0.500. The van der Waals surface area contributed by atoms with E-state index in [1.165, 1.54) is 0 Å². The van der Waals surface area contributed by atoms with Gasteiger partial charge < -0.3 is 20.6 Å². The zero-order chi connectivity index (χ0) is 11.0. The average Bonchev–Trinajstić information content (AvgIpc) is 2.08. The summed E-state index contributed by atoms with van der Waals surface area (Å²) >= 11 is 0. The Morgan fingerprint density at radius 2 is 1.93 bits per heavy atom. The Morgan fingerprint density at radius 1 is 1.29 bits per heavy atom. The molecule has 0 atom stereocenters. The zero-order valence-electron chi connectivity index (χ0n) is 8.54. The van der Waals surface area contributed by atoms with Gasteiger partial charge in [-0.1, -0.05) is 0 Å². The molecule has 14 heavy (non-hydrogen) atoms. The van der Waals surface area contributed by atoms with Gasteiger partial charge in [0.2, 0.25) is 0 Å². The van der Waals surface area contributed by atoms with Crippen LogP contribution in [0.15, 0.2) is 0 Å². The molecule has 0 fully saturated rings. The summed E-state index contributed by atoms with van der Waals surface area (Å²) in [7, 11) is 3.90. The molecule has 0 aliphatic rings. The topological polar surface area (TPSA) is 81.7 Å². The van der Waals surface area contributed by atoms with Crippen LogP contribution < -0.4 is 10.6 Å². The normalized spacial score (nSPS) is 9.93. The second kappa shape index (κ2) is 7.14. The van der Waals surface area contributed by atoms with E-state index in [2.05, 4.69) is 10.6 Å². The molecule has 0 aromatic carbocycles. The maximum atomic E-state index is 10.9. The summed E-state index contributed by atoms with van der Waals surface area (Å²) in [6.45, 7) is 1.09. The van der Waals surface area contributed by atoms with Crippen molar-refractivity contribution in [2.45, 2.75) is 6.42 Å². The van der Waals surface area contributed by atoms with Crippen LogP contribution in [-0.2, 0) is 4.79 Å². The van der Waals surface area contributed by atoms with Crippen molar-refractivity contribution in [1.82, 2.24) is 15.5 Å². The first-order chi connectivity index (χ1) is 6.52. The van der Waals surface area contributed by atoms with Crippen molar-refractivity contribution < 1.29 is 14.7 Å². The minimum Gasteiger partial charge on any atom is -0.480 e. The van der Waals surface area contributed by atoms with E-state index in [4.69, 9.17) is 5.11 Å². The summed E-state index contributed by atoms with van der Waals surface area (Å²) in [5, 5.41) is 13.0. The summed E-state index contributed by atoms with van der Waals surface area (Å²) in [5.74, 6) is -1.05. The number of carbonyl (C=O) groups excluding carboxylic acids is 1. The molecule has 6 heteroatoms. The molecule has 82 valence electrons. The van der Waals surface area contributed by atoms with Crippen LogP contribution >= 0.6 is 0 Å². The molecule has 3 N–H and O–H groups in total. The van der Waals surface area contributed by atoms with E-state index >= 15 is 0 Å². The van der Waals surface area contributed by atoms with Crippen molar-refractivity contribution in [2.75, 3.05) is 33.7 Å². The SMILES string of the molecule is CN(C)CCCNC(=O)NCC(=O)O. The van der Waals surface area contributed by atoms with E-state index in [0.29, 0.717) is 6.54 Å². The van der Waals surface area contributed by atoms with Gasteiger partial charge in [-0.25, -0.2) is 4.79 Å². The number of nitrogens with one attached hydrogen (secondary N) is 2. The van der Waals surface area contributed by atoms with Crippen LogP contribution in [0.4, 0.5) is 4.79 Å². The molecule has 0 aliphatic heterocycles. The summed E-state index contributed by atoms with van der Waals surface area (Å²) in [6.07, 6.45) is 0.841. The Kier molecular flexibility index (Phi) is 6.47. The number of rotatable bonds is 6. The van der Waals surface area contributed by atoms with E-state index in [9.17, 15) is 9.59 Å². The second-order valence-electron chi connectivity index (χ2n) is 3.16. The lowest BCUT2D eigenvalue weighted by molar-refractivity contribution is -0.135. The lowest BCUT2D eigenvalue weighted by atomic mass is 10.4. The van der Waals surface area contributed by atoms with Gasteiger partial charge in [-0.15, -0.1) is 0 Å². The van der Waals surface area contributed by atoms with Crippen LogP contribution in [0.5, 0.6) is 0 Å². The molecule has 0 rings (SSSR count). The molecule has 0 radical (unpaired) electrons. The largest absolute Gasteiger partial charge is 0.480 e. The predicted octanol–water partition coefficient (Wildman–Crippen LogP) is -0.678. The van der Waals surface area contributed by atoms with E-state index in [1.54, 1.807) is 0 Å². The van der Waals surface area contributed by atoms with Crippen molar-refractivity contribution >= 4 is 12.0 Å². The molecule has 0 saturated heterocycles. The number of amides is 2. The first-order valence-electron chi connectivity index (χ1n) is 4.40. The third-order valence-electron chi connectivity index (χ3n) is 1.47. The number of carbonyl (C=O) groups is 2. The Labute approximate surface area is 83.3 Å². The maximum Gasteiger partial charge on any atom is 0.323 e. The van der Waals surface area contributed by atoms with Crippen molar-refractivity contribution in [3.63, 3.8) is 0 Å². The fourth-order valence-corrected chi connectivity index (χ4v) is 0.816. The highest BCUT2D eigenvalue weighted by Crippen LogP contribution is 1.80. The summed E-state index contributed by atoms with van der Waals surface area (Å²) in [6, 6.07) is -0.439. The highest BCUT2D eigenvalue weighted by molar-refractivity contribution is 5.79. The van der Waals surface area contributed by atoms with Gasteiger partial charge in [0.05, 0.1) is 0 Å². The monoisotopic (exact) mass is 203 g/mol. The Morgan fingerprint density at radius 3 is 2.43 bits per heavy atom. The smallest absolute Gasteiger partial charge is 0.323 e. The minimum atomic E-state index is -1.05. The van der Waals surface area contributed by atoms with Crippen LogP contribution in [0, 0.1) is 0 Å². The molecule has 0 unspecified atom stereocenters. The van der Waals surface area contributed by atoms with Crippen LogP contribution in [-0.4, -0.2) is 55.7 Å². The summed E-state index contributed by atoms with van der Waals surface area (Å²) in [5.41, 5.74) is 0. The third kappa shape index (κ3) is 8.79. The van der Waals surface area contributed by atoms with E-state index in [0.717, 1.165) is 13.0 Å². The molecule has 2 amide bonds. The Bertz CT molecular complexity index is 194. The van der Waals surface area contributed by atoms with Gasteiger partial charge in [0, 0.05) is 6.54 Å². The first kappa shape index (κ1) is 12.7. The minimum absolute atomic E-state index is 0.348. The van der Waals surface area contributed by atoms with Gasteiger partial charge >= 0.3 is 12.0 Å². The Balaban J connectivity index is 3.31. The second-order valence-corrected chi connectivity index (χ2v) is 3.16. The zero-order valence-corrected chi connectivity index (χ0v) is 8.54. The highest BCUT2D eigenvalue weighted by Gasteiger charge is 2.01. The molecule has 0 saturated carbocycles. The number of aliphatic carboxylic acids is 1. The van der Waals surface area contributed by atoms with Crippen molar-refractivity contribution in [2.24, 2.45) is 0 Å². The lowest BCUT2D eigenvalue weighted by Crippen LogP contribution is -2.39. The molecular formula is C8H17N3O3. The molecule has 6 nitrogen and oxygen atoms in total. The number of carboxylic acid groups (broad SMARTS) is 1. The first-order valence-corrected chi connectivity index (χ1v) is 4.40. The van der Waals surface area contributed by atoms with Gasteiger partial charge in [0.15, 0.2) is 0 Å². The number of hydrogen-bond acceptors (Lipinski definition) is 3. The van der Waals surface area contributed by atoms with Gasteiger partial charge in [-0.05, 0) is 27.1 Å². The molecule has 0 spiro atoms. The maximum absolute atomic E-state index is 10.9. The van der Waals surface area contributed by atoms with E-state index in [-0.39, 0.29) is 6.54 Å².